The van der Waals surface area contributed by atoms with E-state index in [1.807, 2.05) is 13.8 Å². The number of hydrogen-bond acceptors (Lipinski definition) is 2. The minimum atomic E-state index is 0.00366. The van der Waals surface area contributed by atoms with E-state index in [9.17, 15) is 4.79 Å². The van der Waals surface area contributed by atoms with Crippen LogP contribution in [-0.4, -0.2) is 17.5 Å². The molecule has 1 unspecified atom stereocenters. The summed E-state index contributed by atoms with van der Waals surface area (Å²) >= 11 is 1.77. The summed E-state index contributed by atoms with van der Waals surface area (Å²) in [5.74, 6) is 0. The van der Waals surface area contributed by atoms with Gasteiger partial charge in [0.25, 0.3) is 0 Å². The number of urea groups is 1. The van der Waals surface area contributed by atoms with Crippen molar-refractivity contribution < 1.29 is 4.79 Å². The third-order valence-electron chi connectivity index (χ3n) is 3.01. The van der Waals surface area contributed by atoms with E-state index >= 15 is 0 Å². The Labute approximate surface area is 106 Å². The number of carbonyl (C=O) groups excluding carboxylic acids is 1. The standard InChI is InChI=1S/C13H18N2OS/c1-4-10-6-7-12(17-10)11-8-9(3)15(5-2)13(16)14-11/h6-8,11H,4-5H2,1-3H3,(H,14,16). The van der Waals surface area contributed by atoms with E-state index in [4.69, 9.17) is 0 Å². The summed E-state index contributed by atoms with van der Waals surface area (Å²) in [4.78, 5) is 16.2. The number of allylic oxidation sites excluding steroid dienone is 1. The lowest BCUT2D eigenvalue weighted by Crippen LogP contribution is -2.43. The van der Waals surface area contributed by atoms with E-state index in [-0.39, 0.29) is 12.1 Å². The van der Waals surface area contributed by atoms with Gasteiger partial charge in [-0.2, -0.15) is 0 Å². The van der Waals surface area contributed by atoms with Crippen molar-refractivity contribution in [2.24, 2.45) is 0 Å². The van der Waals surface area contributed by atoms with Crippen LogP contribution >= 0.6 is 11.3 Å². The van der Waals surface area contributed by atoms with Crippen LogP contribution in [0.25, 0.3) is 0 Å². The van der Waals surface area contributed by atoms with Crippen molar-refractivity contribution in [3.05, 3.63) is 33.7 Å². The molecule has 1 aliphatic heterocycles. The molecule has 2 heterocycles. The van der Waals surface area contributed by atoms with Gasteiger partial charge in [0.2, 0.25) is 0 Å². The third kappa shape index (κ3) is 2.36. The van der Waals surface area contributed by atoms with Crippen LogP contribution in [0.1, 0.15) is 36.6 Å². The molecule has 3 nitrogen and oxygen atoms in total. The summed E-state index contributed by atoms with van der Waals surface area (Å²) < 4.78 is 0. The minimum Gasteiger partial charge on any atom is -0.326 e. The predicted molar refractivity (Wildman–Crippen MR) is 71.1 cm³/mol. The molecule has 1 N–H and O–H groups in total. The average Bonchev–Trinajstić information content (AvgIpc) is 2.77. The van der Waals surface area contributed by atoms with Crippen LogP contribution in [0.3, 0.4) is 0 Å². The second kappa shape index (κ2) is 4.92. The first-order chi connectivity index (χ1) is 8.15. The SMILES string of the molecule is CCc1ccc(C2C=C(C)N(CC)C(=O)N2)s1. The first-order valence-electron chi connectivity index (χ1n) is 6.00. The summed E-state index contributed by atoms with van der Waals surface area (Å²) in [6.45, 7) is 6.83. The fourth-order valence-electron chi connectivity index (χ4n) is 2.04. The Hall–Kier alpha value is -1.29. The molecular formula is C13H18N2OS. The lowest BCUT2D eigenvalue weighted by Gasteiger charge is -2.30. The van der Waals surface area contributed by atoms with Gasteiger partial charge in [0.05, 0.1) is 6.04 Å². The van der Waals surface area contributed by atoms with Gasteiger partial charge >= 0.3 is 6.03 Å². The van der Waals surface area contributed by atoms with Crippen molar-refractivity contribution in [2.75, 3.05) is 6.54 Å². The van der Waals surface area contributed by atoms with E-state index in [2.05, 4.69) is 30.4 Å². The van der Waals surface area contributed by atoms with Crippen molar-refractivity contribution >= 4 is 17.4 Å². The largest absolute Gasteiger partial charge is 0.326 e. The molecule has 1 atom stereocenters. The summed E-state index contributed by atoms with van der Waals surface area (Å²) in [5.41, 5.74) is 1.03. The van der Waals surface area contributed by atoms with Gasteiger partial charge in [-0.3, -0.25) is 4.90 Å². The van der Waals surface area contributed by atoms with E-state index in [0.29, 0.717) is 6.54 Å². The molecule has 17 heavy (non-hydrogen) atoms. The van der Waals surface area contributed by atoms with Gasteiger partial charge in [-0.15, -0.1) is 11.3 Å². The van der Waals surface area contributed by atoms with Crippen LogP contribution in [0.4, 0.5) is 4.79 Å². The molecule has 0 fully saturated rings. The highest BCUT2D eigenvalue weighted by Crippen LogP contribution is 2.28. The normalized spacial score (nSPS) is 20.2. The number of nitrogens with zero attached hydrogens (tertiary/aromatic N) is 1. The van der Waals surface area contributed by atoms with Crippen LogP contribution in [-0.2, 0) is 6.42 Å². The minimum absolute atomic E-state index is 0.00366. The second-order valence-electron chi connectivity index (χ2n) is 4.14. The molecule has 4 heteroatoms. The number of rotatable bonds is 3. The van der Waals surface area contributed by atoms with Crippen LogP contribution in [0, 0.1) is 0 Å². The lowest BCUT2D eigenvalue weighted by molar-refractivity contribution is 0.206. The van der Waals surface area contributed by atoms with Gasteiger partial charge in [0, 0.05) is 22.0 Å². The van der Waals surface area contributed by atoms with Gasteiger partial charge in [-0.05, 0) is 38.5 Å². The van der Waals surface area contributed by atoms with Crippen molar-refractivity contribution in [1.29, 1.82) is 0 Å². The van der Waals surface area contributed by atoms with E-state index < -0.39 is 0 Å². The van der Waals surface area contributed by atoms with Gasteiger partial charge < -0.3 is 5.32 Å². The Balaban J connectivity index is 2.24. The molecule has 2 amide bonds. The van der Waals surface area contributed by atoms with Crippen LogP contribution in [0.5, 0.6) is 0 Å². The van der Waals surface area contributed by atoms with Crippen molar-refractivity contribution in [2.45, 2.75) is 33.2 Å². The summed E-state index contributed by atoms with van der Waals surface area (Å²) in [5, 5.41) is 3.02. The molecule has 0 saturated carbocycles. The van der Waals surface area contributed by atoms with Crippen molar-refractivity contribution in [3.8, 4) is 0 Å². The lowest BCUT2D eigenvalue weighted by atomic mass is 10.1. The molecule has 1 aromatic rings. The number of carbonyl (C=O) groups is 1. The maximum atomic E-state index is 11.9. The average molecular weight is 250 g/mol. The monoisotopic (exact) mass is 250 g/mol. The Morgan fingerprint density at radius 2 is 2.18 bits per heavy atom. The Morgan fingerprint density at radius 3 is 2.71 bits per heavy atom. The Morgan fingerprint density at radius 1 is 1.41 bits per heavy atom. The van der Waals surface area contributed by atoms with Gasteiger partial charge in [-0.25, -0.2) is 4.79 Å². The van der Waals surface area contributed by atoms with Crippen LogP contribution in [0.2, 0.25) is 0 Å². The molecule has 0 radical (unpaired) electrons. The molecule has 2 rings (SSSR count). The highest BCUT2D eigenvalue weighted by Gasteiger charge is 2.24. The molecule has 0 saturated heterocycles. The molecule has 1 aromatic heterocycles. The van der Waals surface area contributed by atoms with Gasteiger partial charge in [-0.1, -0.05) is 6.92 Å². The maximum absolute atomic E-state index is 11.9. The van der Waals surface area contributed by atoms with Gasteiger partial charge in [0.1, 0.15) is 0 Å². The number of nitrogens with one attached hydrogen (secondary N) is 1. The fourth-order valence-corrected chi connectivity index (χ4v) is 3.02. The first-order valence-corrected chi connectivity index (χ1v) is 6.82. The van der Waals surface area contributed by atoms with E-state index in [0.717, 1.165) is 12.1 Å². The highest BCUT2D eigenvalue weighted by molar-refractivity contribution is 7.12. The molecule has 0 spiro atoms. The molecule has 1 aliphatic rings. The zero-order valence-electron chi connectivity index (χ0n) is 10.5. The number of hydrogen-bond donors (Lipinski definition) is 1. The molecule has 0 aliphatic carbocycles. The number of aryl methyl sites for hydroxylation is 1. The second-order valence-corrected chi connectivity index (χ2v) is 5.34. The molecule has 92 valence electrons. The molecule has 0 aromatic carbocycles. The van der Waals surface area contributed by atoms with Gasteiger partial charge in [0.15, 0.2) is 0 Å². The Kier molecular flexibility index (Phi) is 3.52. The molecule has 0 bridgehead atoms. The van der Waals surface area contributed by atoms with Crippen LogP contribution < -0.4 is 5.32 Å². The number of thiophene rings is 1. The highest BCUT2D eigenvalue weighted by atomic mass is 32.1. The number of amides is 2. The van der Waals surface area contributed by atoms with Crippen molar-refractivity contribution in [1.82, 2.24) is 10.2 Å². The van der Waals surface area contributed by atoms with E-state index in [1.54, 1.807) is 16.2 Å². The quantitative estimate of drug-likeness (QED) is 0.877. The Bertz CT molecular complexity index is 450. The zero-order valence-corrected chi connectivity index (χ0v) is 11.3. The van der Waals surface area contributed by atoms with E-state index in [1.165, 1.54) is 9.75 Å². The fraction of sp³-hybridized carbons (Fsp3) is 0.462. The zero-order chi connectivity index (χ0) is 12.4. The maximum Gasteiger partial charge on any atom is 0.322 e. The third-order valence-corrected chi connectivity index (χ3v) is 4.32. The predicted octanol–water partition coefficient (Wildman–Crippen LogP) is 3.30. The first kappa shape index (κ1) is 12.2. The smallest absolute Gasteiger partial charge is 0.322 e. The summed E-state index contributed by atoms with van der Waals surface area (Å²) in [6, 6.07) is 4.29. The van der Waals surface area contributed by atoms with Crippen molar-refractivity contribution in [3.63, 3.8) is 0 Å². The topological polar surface area (TPSA) is 32.3 Å². The van der Waals surface area contributed by atoms with Crippen LogP contribution in [0.15, 0.2) is 23.9 Å². The summed E-state index contributed by atoms with van der Waals surface area (Å²) in [7, 11) is 0. The summed E-state index contributed by atoms with van der Waals surface area (Å²) in [6.07, 6.45) is 3.17. The molecular weight excluding hydrogens is 232 g/mol.